The lowest BCUT2D eigenvalue weighted by Gasteiger charge is -2.06. The highest BCUT2D eigenvalue weighted by atomic mass is 19.1. The summed E-state index contributed by atoms with van der Waals surface area (Å²) in [5.74, 6) is -0.501. The average molecular weight is 288 g/mol. The van der Waals surface area contributed by atoms with E-state index in [0.29, 0.717) is 17.7 Å². The second kappa shape index (κ2) is 6.83. The Balaban J connectivity index is 1.93. The number of carbonyl (C=O) groups is 2. The number of nitrogens with one attached hydrogen (secondary N) is 1. The van der Waals surface area contributed by atoms with E-state index in [9.17, 15) is 14.0 Å². The molecule has 1 aromatic carbocycles. The number of ketones is 1. The minimum absolute atomic E-state index is 0.0789. The van der Waals surface area contributed by atoms with Crippen LogP contribution in [-0.2, 0) is 11.3 Å². The first-order valence-corrected chi connectivity index (χ1v) is 6.83. The van der Waals surface area contributed by atoms with Crippen LogP contribution in [0, 0.1) is 5.82 Å². The standard InChI is InChI=1S/C16H17FN2O2/c1-2-3-15(20)12-8-9-19(10-12)11-16(21)18-14-6-4-13(17)5-7-14/h4-10H,2-3,11H2,1H3,(H,18,21). The number of nitrogens with zero attached hydrogens (tertiary/aromatic N) is 1. The summed E-state index contributed by atoms with van der Waals surface area (Å²) in [4.78, 5) is 23.6. The van der Waals surface area contributed by atoms with Gasteiger partial charge in [-0.3, -0.25) is 9.59 Å². The first-order valence-electron chi connectivity index (χ1n) is 6.83. The van der Waals surface area contributed by atoms with Crippen molar-refractivity contribution in [2.24, 2.45) is 0 Å². The van der Waals surface area contributed by atoms with E-state index < -0.39 is 0 Å². The lowest BCUT2D eigenvalue weighted by Crippen LogP contribution is -2.17. The van der Waals surface area contributed by atoms with Crippen molar-refractivity contribution in [1.82, 2.24) is 4.57 Å². The second-order valence-corrected chi connectivity index (χ2v) is 4.80. The summed E-state index contributed by atoms with van der Waals surface area (Å²) in [7, 11) is 0. The van der Waals surface area contributed by atoms with Gasteiger partial charge in [-0.1, -0.05) is 6.92 Å². The van der Waals surface area contributed by atoms with Crippen molar-refractivity contribution < 1.29 is 14.0 Å². The summed E-state index contributed by atoms with van der Waals surface area (Å²) in [5, 5.41) is 2.67. The molecule has 2 rings (SSSR count). The quantitative estimate of drug-likeness (QED) is 0.830. The number of aromatic nitrogens is 1. The molecule has 0 saturated heterocycles. The van der Waals surface area contributed by atoms with Gasteiger partial charge >= 0.3 is 0 Å². The summed E-state index contributed by atoms with van der Waals surface area (Å²) in [6.07, 6.45) is 4.68. The van der Waals surface area contributed by atoms with Crippen LogP contribution >= 0.6 is 0 Å². The second-order valence-electron chi connectivity index (χ2n) is 4.80. The number of hydrogen-bond acceptors (Lipinski definition) is 2. The van der Waals surface area contributed by atoms with Crippen molar-refractivity contribution in [2.75, 3.05) is 5.32 Å². The highest BCUT2D eigenvalue weighted by Gasteiger charge is 2.08. The Bertz CT molecular complexity index is 632. The zero-order valence-corrected chi connectivity index (χ0v) is 11.8. The van der Waals surface area contributed by atoms with E-state index in [4.69, 9.17) is 0 Å². The van der Waals surface area contributed by atoms with Gasteiger partial charge in [-0.2, -0.15) is 0 Å². The van der Waals surface area contributed by atoms with E-state index in [0.717, 1.165) is 6.42 Å². The number of rotatable bonds is 6. The fraction of sp³-hybridized carbons (Fsp3) is 0.250. The topological polar surface area (TPSA) is 51.1 Å². The fourth-order valence-electron chi connectivity index (χ4n) is 1.98. The van der Waals surface area contributed by atoms with E-state index in [-0.39, 0.29) is 24.1 Å². The van der Waals surface area contributed by atoms with Gasteiger partial charge in [0.05, 0.1) is 0 Å². The molecule has 1 amide bonds. The summed E-state index contributed by atoms with van der Waals surface area (Å²) in [6, 6.07) is 7.28. The molecule has 1 N–H and O–H groups in total. The number of anilines is 1. The molecule has 2 aromatic rings. The number of Topliss-reactive ketones (excluding diaryl/α,β-unsaturated/α-hetero) is 1. The van der Waals surface area contributed by atoms with E-state index in [2.05, 4.69) is 5.32 Å². The smallest absolute Gasteiger partial charge is 0.244 e. The van der Waals surface area contributed by atoms with Gasteiger partial charge in [-0.15, -0.1) is 0 Å². The van der Waals surface area contributed by atoms with Crippen molar-refractivity contribution in [3.8, 4) is 0 Å². The number of benzene rings is 1. The van der Waals surface area contributed by atoms with Crippen LogP contribution in [0.15, 0.2) is 42.7 Å². The molecule has 1 aromatic heterocycles. The van der Waals surface area contributed by atoms with E-state index >= 15 is 0 Å². The van der Waals surface area contributed by atoms with Gasteiger partial charge < -0.3 is 9.88 Å². The molecule has 0 bridgehead atoms. The third kappa shape index (κ3) is 4.27. The molecule has 0 saturated carbocycles. The van der Waals surface area contributed by atoms with E-state index in [1.165, 1.54) is 24.3 Å². The molecule has 0 unspecified atom stereocenters. The molecular weight excluding hydrogens is 271 g/mol. The molecule has 0 aliphatic rings. The molecule has 0 aliphatic heterocycles. The van der Waals surface area contributed by atoms with Crippen molar-refractivity contribution in [3.05, 3.63) is 54.1 Å². The Morgan fingerprint density at radius 1 is 1.19 bits per heavy atom. The van der Waals surface area contributed by atoms with Gasteiger partial charge in [0.1, 0.15) is 12.4 Å². The normalized spacial score (nSPS) is 10.4. The number of hydrogen-bond donors (Lipinski definition) is 1. The summed E-state index contributed by atoms with van der Waals surface area (Å²) in [5.41, 5.74) is 1.15. The molecule has 0 spiro atoms. The number of halogens is 1. The molecule has 0 radical (unpaired) electrons. The van der Waals surface area contributed by atoms with Gasteiger partial charge in [0.2, 0.25) is 5.91 Å². The summed E-state index contributed by atoms with van der Waals surface area (Å²) >= 11 is 0. The van der Waals surface area contributed by atoms with Gasteiger partial charge in [0.25, 0.3) is 0 Å². The Hall–Kier alpha value is -2.43. The molecule has 1 heterocycles. The molecule has 0 atom stereocenters. The van der Waals surface area contributed by atoms with Crippen molar-refractivity contribution in [3.63, 3.8) is 0 Å². The molecule has 5 heteroatoms. The van der Waals surface area contributed by atoms with Crippen molar-refractivity contribution >= 4 is 17.4 Å². The Morgan fingerprint density at radius 3 is 2.57 bits per heavy atom. The largest absolute Gasteiger partial charge is 0.344 e. The van der Waals surface area contributed by atoms with Crippen LogP contribution in [0.3, 0.4) is 0 Å². The van der Waals surface area contributed by atoms with Crippen LogP contribution in [0.25, 0.3) is 0 Å². The van der Waals surface area contributed by atoms with Crippen molar-refractivity contribution in [2.45, 2.75) is 26.3 Å². The fourth-order valence-corrected chi connectivity index (χ4v) is 1.98. The highest BCUT2D eigenvalue weighted by molar-refractivity contribution is 5.96. The Kier molecular flexibility index (Phi) is 4.87. The summed E-state index contributed by atoms with van der Waals surface area (Å²) in [6.45, 7) is 2.06. The number of carbonyl (C=O) groups excluding carboxylic acids is 2. The first-order chi connectivity index (χ1) is 10.1. The average Bonchev–Trinajstić information content (AvgIpc) is 2.90. The molecular formula is C16H17FN2O2. The van der Waals surface area contributed by atoms with Crippen LogP contribution in [0.1, 0.15) is 30.1 Å². The minimum atomic E-state index is -0.350. The van der Waals surface area contributed by atoms with Gasteiger partial charge in [0, 0.05) is 30.1 Å². The zero-order chi connectivity index (χ0) is 15.2. The van der Waals surface area contributed by atoms with Crippen LogP contribution in [0.4, 0.5) is 10.1 Å². The minimum Gasteiger partial charge on any atom is -0.344 e. The van der Waals surface area contributed by atoms with Crippen LogP contribution in [0.5, 0.6) is 0 Å². The van der Waals surface area contributed by atoms with Crippen molar-refractivity contribution in [1.29, 1.82) is 0 Å². The lowest BCUT2D eigenvalue weighted by molar-refractivity contribution is -0.116. The Labute approximate surface area is 122 Å². The van der Waals surface area contributed by atoms with Gasteiger partial charge in [-0.05, 0) is 36.8 Å². The highest BCUT2D eigenvalue weighted by Crippen LogP contribution is 2.09. The monoisotopic (exact) mass is 288 g/mol. The van der Waals surface area contributed by atoms with E-state index in [1.807, 2.05) is 6.92 Å². The molecule has 4 nitrogen and oxygen atoms in total. The SMILES string of the molecule is CCCC(=O)c1ccn(CC(=O)Nc2ccc(F)cc2)c1. The first kappa shape index (κ1) is 15.0. The predicted molar refractivity (Wildman–Crippen MR) is 78.7 cm³/mol. The van der Waals surface area contributed by atoms with Crippen LogP contribution < -0.4 is 5.32 Å². The maximum Gasteiger partial charge on any atom is 0.244 e. The van der Waals surface area contributed by atoms with Crippen LogP contribution in [-0.4, -0.2) is 16.3 Å². The van der Waals surface area contributed by atoms with Crippen LogP contribution in [0.2, 0.25) is 0 Å². The molecule has 110 valence electrons. The molecule has 21 heavy (non-hydrogen) atoms. The van der Waals surface area contributed by atoms with Gasteiger partial charge in [-0.25, -0.2) is 4.39 Å². The third-order valence-electron chi connectivity index (χ3n) is 3.00. The maximum absolute atomic E-state index is 12.8. The van der Waals surface area contributed by atoms with Gasteiger partial charge in [0.15, 0.2) is 5.78 Å². The maximum atomic E-state index is 12.8. The molecule has 0 aliphatic carbocycles. The summed E-state index contributed by atoms with van der Waals surface area (Å²) < 4.78 is 14.4. The van der Waals surface area contributed by atoms with E-state index in [1.54, 1.807) is 23.0 Å². The Morgan fingerprint density at radius 2 is 1.90 bits per heavy atom. The lowest BCUT2D eigenvalue weighted by atomic mass is 10.1. The number of amides is 1. The third-order valence-corrected chi connectivity index (χ3v) is 3.00. The zero-order valence-electron chi connectivity index (χ0n) is 11.8. The molecule has 0 fully saturated rings. The predicted octanol–water partition coefficient (Wildman–Crippen LogP) is 3.25.